The van der Waals surface area contributed by atoms with Crippen molar-refractivity contribution in [3.8, 4) is 0 Å². The van der Waals surface area contributed by atoms with E-state index >= 15 is 0 Å². The van der Waals surface area contributed by atoms with Crippen LogP contribution in [0.15, 0.2) is 29.2 Å². The standard InChI is InChI=1S/C21H27ClN2O3S/c22-21-12-15-8-16(13-21)11-20(10-15,14-21)19(25)23-17-4-3-5-18(9-17)28(26,27)24-6-1-2-7-24/h3-5,9,15-16H,1-2,6-8,10-14H2,(H,23,25). The van der Waals surface area contributed by atoms with E-state index in [9.17, 15) is 13.2 Å². The number of carbonyl (C=O) groups excluding carboxylic acids is 1. The number of rotatable bonds is 4. The second-order valence-corrected chi connectivity index (χ2v) is 12.2. The Morgan fingerprint density at radius 3 is 2.43 bits per heavy atom. The van der Waals surface area contributed by atoms with Crippen molar-refractivity contribution in [2.24, 2.45) is 17.3 Å². The van der Waals surface area contributed by atoms with Gasteiger partial charge in [-0.05, 0) is 81.4 Å². The predicted octanol–water partition coefficient (Wildman–Crippen LogP) is 3.99. The van der Waals surface area contributed by atoms with E-state index in [1.165, 1.54) is 10.7 Å². The van der Waals surface area contributed by atoms with Crippen LogP contribution in [-0.4, -0.2) is 36.6 Å². The molecule has 0 radical (unpaired) electrons. The molecule has 152 valence electrons. The average molecular weight is 423 g/mol. The second kappa shape index (κ2) is 6.44. The first-order chi connectivity index (χ1) is 13.3. The fraction of sp³-hybridized carbons (Fsp3) is 0.667. The normalized spacial score (nSPS) is 37.3. The van der Waals surface area contributed by atoms with Gasteiger partial charge in [0.25, 0.3) is 0 Å². The van der Waals surface area contributed by atoms with E-state index in [4.69, 9.17) is 11.6 Å². The number of halogens is 1. The van der Waals surface area contributed by atoms with Crippen molar-refractivity contribution in [1.29, 1.82) is 0 Å². The van der Waals surface area contributed by atoms with Crippen LogP contribution in [0.2, 0.25) is 0 Å². The van der Waals surface area contributed by atoms with Crippen molar-refractivity contribution in [3.63, 3.8) is 0 Å². The monoisotopic (exact) mass is 422 g/mol. The highest BCUT2D eigenvalue weighted by Crippen LogP contribution is 2.64. The van der Waals surface area contributed by atoms with Crippen LogP contribution in [-0.2, 0) is 14.8 Å². The predicted molar refractivity (Wildman–Crippen MR) is 109 cm³/mol. The molecule has 4 aliphatic carbocycles. The second-order valence-electron chi connectivity index (χ2n) is 9.49. The van der Waals surface area contributed by atoms with Gasteiger partial charge >= 0.3 is 0 Å². The van der Waals surface area contributed by atoms with Crippen molar-refractivity contribution in [2.45, 2.75) is 61.1 Å². The Morgan fingerprint density at radius 1 is 1.11 bits per heavy atom. The van der Waals surface area contributed by atoms with Crippen LogP contribution in [0, 0.1) is 17.3 Å². The molecule has 1 amide bonds. The first kappa shape index (κ1) is 18.9. The fourth-order valence-electron chi connectivity index (χ4n) is 6.49. The Kier molecular flexibility index (Phi) is 4.35. The number of amides is 1. The van der Waals surface area contributed by atoms with Gasteiger partial charge in [0, 0.05) is 23.7 Å². The summed E-state index contributed by atoms with van der Waals surface area (Å²) in [6.07, 6.45) is 7.64. The van der Waals surface area contributed by atoms with Crippen molar-refractivity contribution >= 4 is 33.2 Å². The summed E-state index contributed by atoms with van der Waals surface area (Å²) in [6.45, 7) is 1.14. The lowest BCUT2D eigenvalue weighted by atomic mass is 9.49. The summed E-state index contributed by atoms with van der Waals surface area (Å²) in [5.41, 5.74) is 0.167. The maximum absolute atomic E-state index is 13.3. The largest absolute Gasteiger partial charge is 0.326 e. The van der Waals surface area contributed by atoms with Crippen LogP contribution >= 0.6 is 11.6 Å². The minimum absolute atomic E-state index is 0.0161. The molecule has 4 saturated carbocycles. The van der Waals surface area contributed by atoms with Gasteiger partial charge in [0.1, 0.15) is 0 Å². The number of hydrogen-bond acceptors (Lipinski definition) is 3. The smallest absolute Gasteiger partial charge is 0.243 e. The van der Waals surface area contributed by atoms with E-state index in [0.717, 1.165) is 44.9 Å². The number of nitrogens with zero attached hydrogens (tertiary/aromatic N) is 1. The zero-order valence-corrected chi connectivity index (χ0v) is 17.6. The third kappa shape index (κ3) is 3.08. The summed E-state index contributed by atoms with van der Waals surface area (Å²) in [4.78, 5) is 13.3. The zero-order valence-electron chi connectivity index (χ0n) is 16.0. The third-order valence-corrected chi connectivity index (χ3v) is 9.60. The zero-order chi connectivity index (χ0) is 19.6. The number of carbonyl (C=O) groups is 1. The Morgan fingerprint density at radius 2 is 1.79 bits per heavy atom. The van der Waals surface area contributed by atoms with Gasteiger partial charge in [0.15, 0.2) is 0 Å². The Bertz CT molecular complexity index is 896. The van der Waals surface area contributed by atoms with E-state index in [-0.39, 0.29) is 15.7 Å². The average Bonchev–Trinajstić information content (AvgIpc) is 3.15. The van der Waals surface area contributed by atoms with Crippen LogP contribution in [0.3, 0.4) is 0 Å². The van der Waals surface area contributed by atoms with Gasteiger partial charge in [0.2, 0.25) is 15.9 Å². The van der Waals surface area contributed by atoms with Crippen molar-refractivity contribution in [1.82, 2.24) is 4.31 Å². The molecule has 2 unspecified atom stereocenters. The molecule has 4 bridgehead atoms. The Hall–Kier alpha value is -1.11. The van der Waals surface area contributed by atoms with Crippen LogP contribution in [0.5, 0.6) is 0 Å². The molecule has 2 atom stereocenters. The summed E-state index contributed by atoms with van der Waals surface area (Å²) in [7, 11) is -3.49. The molecule has 0 spiro atoms. The summed E-state index contributed by atoms with van der Waals surface area (Å²) in [6, 6.07) is 6.70. The summed E-state index contributed by atoms with van der Waals surface area (Å²) in [5, 5.41) is 3.04. The SMILES string of the molecule is O=C(Nc1cccc(S(=O)(=O)N2CCCC2)c1)C12CC3CC(CC(Cl)(C3)C1)C2. The molecule has 1 aromatic carbocycles. The number of anilines is 1. The van der Waals surface area contributed by atoms with Gasteiger partial charge in [-0.2, -0.15) is 4.31 Å². The van der Waals surface area contributed by atoms with Crippen LogP contribution in [0.1, 0.15) is 51.4 Å². The van der Waals surface area contributed by atoms with Crippen LogP contribution in [0.4, 0.5) is 5.69 Å². The number of alkyl halides is 1. The van der Waals surface area contributed by atoms with Crippen LogP contribution < -0.4 is 5.32 Å². The molecule has 1 heterocycles. The lowest BCUT2D eigenvalue weighted by Gasteiger charge is -2.59. The lowest BCUT2D eigenvalue weighted by molar-refractivity contribution is -0.138. The molecule has 0 aromatic heterocycles. The van der Waals surface area contributed by atoms with E-state index in [0.29, 0.717) is 30.6 Å². The summed E-state index contributed by atoms with van der Waals surface area (Å²) < 4.78 is 27.2. The van der Waals surface area contributed by atoms with Crippen molar-refractivity contribution in [3.05, 3.63) is 24.3 Å². The van der Waals surface area contributed by atoms with E-state index < -0.39 is 15.4 Å². The molecular formula is C21H27ClN2O3S. The minimum atomic E-state index is -3.49. The number of nitrogens with one attached hydrogen (secondary N) is 1. The Balaban J connectivity index is 1.38. The van der Waals surface area contributed by atoms with Gasteiger partial charge in [-0.3, -0.25) is 4.79 Å². The van der Waals surface area contributed by atoms with E-state index in [1.54, 1.807) is 24.3 Å². The summed E-state index contributed by atoms with van der Waals surface area (Å²) >= 11 is 6.86. The van der Waals surface area contributed by atoms with E-state index in [2.05, 4.69) is 5.32 Å². The first-order valence-electron chi connectivity index (χ1n) is 10.4. The van der Waals surface area contributed by atoms with E-state index in [1.807, 2.05) is 0 Å². The Labute approximate surface area is 171 Å². The topological polar surface area (TPSA) is 66.5 Å². The highest BCUT2D eigenvalue weighted by molar-refractivity contribution is 7.89. The molecule has 1 N–H and O–H groups in total. The maximum Gasteiger partial charge on any atom is 0.243 e. The van der Waals surface area contributed by atoms with Crippen molar-refractivity contribution in [2.75, 3.05) is 18.4 Å². The fourth-order valence-corrected chi connectivity index (χ4v) is 8.75. The molecule has 28 heavy (non-hydrogen) atoms. The molecular weight excluding hydrogens is 396 g/mol. The minimum Gasteiger partial charge on any atom is -0.326 e. The molecule has 1 saturated heterocycles. The number of benzene rings is 1. The quantitative estimate of drug-likeness (QED) is 0.746. The molecule has 5 aliphatic rings. The van der Waals surface area contributed by atoms with Crippen molar-refractivity contribution < 1.29 is 13.2 Å². The third-order valence-electron chi connectivity index (χ3n) is 7.27. The molecule has 6 rings (SSSR count). The van der Waals surface area contributed by atoms with Crippen LogP contribution in [0.25, 0.3) is 0 Å². The molecule has 1 aromatic rings. The molecule has 7 heteroatoms. The molecule has 1 aliphatic heterocycles. The maximum atomic E-state index is 13.3. The van der Waals surface area contributed by atoms with Gasteiger partial charge in [-0.1, -0.05) is 6.07 Å². The van der Waals surface area contributed by atoms with Gasteiger partial charge in [-0.15, -0.1) is 11.6 Å². The highest BCUT2D eigenvalue weighted by Gasteiger charge is 2.60. The first-order valence-corrected chi connectivity index (χ1v) is 12.2. The summed E-state index contributed by atoms with van der Waals surface area (Å²) in [5.74, 6) is 1.11. The lowest BCUT2D eigenvalue weighted by Crippen LogP contribution is -2.57. The molecule has 5 fully saturated rings. The highest BCUT2D eigenvalue weighted by atomic mass is 35.5. The van der Waals surface area contributed by atoms with Gasteiger partial charge in [0.05, 0.1) is 10.3 Å². The molecule has 5 nitrogen and oxygen atoms in total. The number of hydrogen-bond donors (Lipinski definition) is 1. The van der Waals surface area contributed by atoms with Gasteiger partial charge < -0.3 is 5.32 Å². The van der Waals surface area contributed by atoms with Gasteiger partial charge in [-0.25, -0.2) is 8.42 Å². The number of sulfonamides is 1.